The summed E-state index contributed by atoms with van der Waals surface area (Å²) in [7, 11) is 0. The lowest BCUT2D eigenvalue weighted by Crippen LogP contribution is -2.00. The van der Waals surface area contributed by atoms with Crippen LogP contribution in [0.3, 0.4) is 0 Å². The average molecular weight is 174 g/mol. The highest BCUT2D eigenvalue weighted by molar-refractivity contribution is 6.11. The lowest BCUT2D eigenvalue weighted by Gasteiger charge is -2.04. The van der Waals surface area contributed by atoms with Crippen LogP contribution in [0.1, 0.15) is 13.3 Å². The van der Waals surface area contributed by atoms with Crippen LogP contribution in [0.2, 0.25) is 0 Å². The summed E-state index contributed by atoms with van der Waals surface area (Å²) in [6.45, 7) is 6.41. The molecule has 0 heterocycles. The molecule has 0 aromatic rings. The first-order valence-corrected chi connectivity index (χ1v) is 4.44. The van der Waals surface area contributed by atoms with Gasteiger partial charge >= 0.3 is 0 Å². The van der Waals surface area contributed by atoms with Crippen LogP contribution in [0.15, 0.2) is 46.1 Å². The van der Waals surface area contributed by atoms with Gasteiger partial charge in [0.15, 0.2) is 0 Å². The molecule has 0 aliphatic heterocycles. The fourth-order valence-electron chi connectivity index (χ4n) is 1.07. The summed E-state index contributed by atoms with van der Waals surface area (Å²) >= 11 is 0. The van der Waals surface area contributed by atoms with Crippen LogP contribution in [-0.4, -0.2) is 19.0 Å². The Hall–Kier alpha value is -1.44. The summed E-state index contributed by atoms with van der Waals surface area (Å²) in [6, 6.07) is 0. The molecule has 13 heavy (non-hydrogen) atoms. The van der Waals surface area contributed by atoms with Crippen LogP contribution in [-0.2, 0) is 0 Å². The number of aliphatic imine (C=N–C) groups is 2. The Kier molecular flexibility index (Phi) is 3.89. The molecule has 0 fully saturated rings. The lowest BCUT2D eigenvalue weighted by atomic mass is 10.1. The second-order valence-electron chi connectivity index (χ2n) is 2.75. The van der Waals surface area contributed by atoms with Gasteiger partial charge in [-0.1, -0.05) is 25.2 Å². The third-order valence-corrected chi connectivity index (χ3v) is 1.67. The molecule has 0 N–H and O–H groups in total. The Morgan fingerprint density at radius 1 is 1.38 bits per heavy atom. The Morgan fingerprint density at radius 2 is 2.15 bits per heavy atom. The SMILES string of the molecule is C=N/C=C1/C=CC=C/C1=N/CCC. The van der Waals surface area contributed by atoms with E-state index >= 15 is 0 Å². The van der Waals surface area contributed by atoms with Crippen LogP contribution in [0.25, 0.3) is 0 Å². The molecule has 0 bridgehead atoms. The van der Waals surface area contributed by atoms with Crippen molar-refractivity contribution in [1.82, 2.24) is 0 Å². The minimum absolute atomic E-state index is 0.863. The molecular formula is C11H14N2. The Balaban J connectivity index is 2.82. The predicted molar refractivity (Wildman–Crippen MR) is 58.5 cm³/mol. The van der Waals surface area contributed by atoms with E-state index in [0.717, 1.165) is 24.3 Å². The highest BCUT2D eigenvalue weighted by Crippen LogP contribution is 2.08. The van der Waals surface area contributed by atoms with Crippen molar-refractivity contribution in [1.29, 1.82) is 0 Å². The van der Waals surface area contributed by atoms with E-state index in [0.29, 0.717) is 0 Å². The van der Waals surface area contributed by atoms with Crippen molar-refractivity contribution in [2.75, 3.05) is 6.54 Å². The first kappa shape index (κ1) is 9.65. The van der Waals surface area contributed by atoms with Gasteiger partial charge in [-0.3, -0.25) is 9.98 Å². The molecule has 0 aromatic carbocycles. The van der Waals surface area contributed by atoms with Crippen molar-refractivity contribution in [2.24, 2.45) is 9.98 Å². The summed E-state index contributed by atoms with van der Waals surface area (Å²) < 4.78 is 0. The fraction of sp³-hybridized carbons (Fsp3) is 0.273. The summed E-state index contributed by atoms with van der Waals surface area (Å²) in [5.41, 5.74) is 2.03. The number of hydrogen-bond acceptors (Lipinski definition) is 2. The minimum atomic E-state index is 0.863. The van der Waals surface area contributed by atoms with Gasteiger partial charge in [-0.15, -0.1) is 0 Å². The molecule has 0 aromatic heterocycles. The zero-order valence-electron chi connectivity index (χ0n) is 7.90. The standard InChI is InChI=1S/C11H14N2/c1-3-8-13-11-7-5-4-6-10(11)9-12-2/h4-7,9H,2-3,8H2,1H3/b10-9-,13-11-. The monoisotopic (exact) mass is 174 g/mol. The number of nitrogens with zero attached hydrogens (tertiary/aromatic N) is 2. The Labute approximate surface area is 79.1 Å². The van der Waals surface area contributed by atoms with Crippen molar-refractivity contribution in [3.63, 3.8) is 0 Å². The molecule has 0 saturated carbocycles. The molecule has 2 heteroatoms. The van der Waals surface area contributed by atoms with Gasteiger partial charge in [-0.25, -0.2) is 0 Å². The third-order valence-electron chi connectivity index (χ3n) is 1.67. The first-order chi connectivity index (χ1) is 6.38. The zero-order chi connectivity index (χ0) is 9.52. The van der Waals surface area contributed by atoms with Crippen LogP contribution in [0, 0.1) is 0 Å². The number of rotatable bonds is 3. The molecule has 68 valence electrons. The van der Waals surface area contributed by atoms with Crippen molar-refractivity contribution in [3.05, 3.63) is 36.1 Å². The average Bonchev–Trinajstić information content (AvgIpc) is 2.17. The van der Waals surface area contributed by atoms with Gasteiger partial charge < -0.3 is 0 Å². The van der Waals surface area contributed by atoms with Crippen LogP contribution in [0.5, 0.6) is 0 Å². The van der Waals surface area contributed by atoms with E-state index in [2.05, 4.69) is 23.6 Å². The zero-order valence-corrected chi connectivity index (χ0v) is 7.90. The summed E-state index contributed by atoms with van der Waals surface area (Å²) in [5, 5.41) is 0. The highest BCUT2D eigenvalue weighted by Gasteiger charge is 2.01. The molecule has 0 unspecified atom stereocenters. The molecular weight excluding hydrogens is 160 g/mol. The van der Waals surface area contributed by atoms with E-state index < -0.39 is 0 Å². The summed E-state index contributed by atoms with van der Waals surface area (Å²) in [4.78, 5) is 8.16. The molecule has 1 aliphatic rings. The van der Waals surface area contributed by atoms with Crippen molar-refractivity contribution >= 4 is 12.4 Å². The molecule has 2 nitrogen and oxygen atoms in total. The molecule has 0 spiro atoms. The Bertz CT molecular complexity index is 293. The highest BCUT2D eigenvalue weighted by atomic mass is 14.7. The third kappa shape index (κ3) is 2.82. The van der Waals surface area contributed by atoms with E-state index in [1.807, 2.05) is 24.3 Å². The van der Waals surface area contributed by atoms with Gasteiger partial charge in [0.1, 0.15) is 0 Å². The van der Waals surface area contributed by atoms with Gasteiger partial charge in [0, 0.05) is 18.3 Å². The predicted octanol–water partition coefficient (Wildman–Crippen LogP) is 2.55. The lowest BCUT2D eigenvalue weighted by molar-refractivity contribution is 0.933. The normalized spacial score (nSPS) is 21.3. The van der Waals surface area contributed by atoms with Gasteiger partial charge in [-0.2, -0.15) is 0 Å². The van der Waals surface area contributed by atoms with Crippen molar-refractivity contribution in [2.45, 2.75) is 13.3 Å². The van der Waals surface area contributed by atoms with E-state index in [9.17, 15) is 0 Å². The molecule has 0 radical (unpaired) electrons. The molecule has 0 saturated heterocycles. The van der Waals surface area contributed by atoms with Crippen LogP contribution >= 0.6 is 0 Å². The topological polar surface area (TPSA) is 24.7 Å². The second kappa shape index (κ2) is 5.25. The minimum Gasteiger partial charge on any atom is -0.285 e. The smallest absolute Gasteiger partial charge is 0.0662 e. The quantitative estimate of drug-likeness (QED) is 0.587. The number of hydrogen-bond donors (Lipinski definition) is 0. The van der Waals surface area contributed by atoms with E-state index in [1.54, 1.807) is 6.20 Å². The summed E-state index contributed by atoms with van der Waals surface area (Å²) in [6.07, 6.45) is 10.7. The van der Waals surface area contributed by atoms with Gasteiger partial charge in [0.2, 0.25) is 0 Å². The van der Waals surface area contributed by atoms with Crippen molar-refractivity contribution < 1.29 is 0 Å². The number of allylic oxidation sites excluding steroid dienone is 5. The maximum absolute atomic E-state index is 4.42. The van der Waals surface area contributed by atoms with Crippen LogP contribution < -0.4 is 0 Å². The maximum atomic E-state index is 4.42. The maximum Gasteiger partial charge on any atom is 0.0662 e. The molecule has 1 aliphatic carbocycles. The largest absolute Gasteiger partial charge is 0.285 e. The van der Waals surface area contributed by atoms with Gasteiger partial charge in [-0.05, 0) is 19.2 Å². The van der Waals surface area contributed by atoms with E-state index in [4.69, 9.17) is 0 Å². The van der Waals surface area contributed by atoms with E-state index in [-0.39, 0.29) is 0 Å². The van der Waals surface area contributed by atoms with Crippen molar-refractivity contribution in [3.8, 4) is 0 Å². The van der Waals surface area contributed by atoms with E-state index in [1.165, 1.54) is 0 Å². The van der Waals surface area contributed by atoms with Gasteiger partial charge in [0.05, 0.1) is 5.71 Å². The Morgan fingerprint density at radius 3 is 2.85 bits per heavy atom. The fourth-order valence-corrected chi connectivity index (χ4v) is 1.07. The van der Waals surface area contributed by atoms with Crippen LogP contribution in [0.4, 0.5) is 0 Å². The second-order valence-corrected chi connectivity index (χ2v) is 2.75. The molecule has 0 atom stereocenters. The molecule has 0 amide bonds. The van der Waals surface area contributed by atoms with Gasteiger partial charge in [0.25, 0.3) is 0 Å². The molecule has 1 rings (SSSR count). The summed E-state index contributed by atoms with van der Waals surface area (Å²) in [5.74, 6) is 0. The first-order valence-electron chi connectivity index (χ1n) is 4.44.